The molecule has 0 saturated heterocycles. The number of methoxy groups -OCH3 is 1. The molecule has 132 valence electrons. The quantitative estimate of drug-likeness (QED) is 0.504. The summed E-state index contributed by atoms with van der Waals surface area (Å²) in [6, 6.07) is 5.27. The van der Waals surface area contributed by atoms with Crippen LogP contribution in [0.3, 0.4) is 0 Å². The summed E-state index contributed by atoms with van der Waals surface area (Å²) in [4.78, 5) is 23.0. The predicted octanol–water partition coefficient (Wildman–Crippen LogP) is 4.00. The van der Waals surface area contributed by atoms with Gasteiger partial charge < -0.3 is 14.2 Å². The molecule has 0 bridgehead atoms. The molecule has 0 fully saturated rings. The van der Waals surface area contributed by atoms with E-state index in [9.17, 15) is 9.59 Å². The van der Waals surface area contributed by atoms with Crippen LogP contribution in [-0.4, -0.2) is 25.7 Å². The van der Waals surface area contributed by atoms with Crippen LogP contribution in [0, 0.1) is 5.92 Å². The highest BCUT2D eigenvalue weighted by molar-refractivity contribution is 5.74. The zero-order valence-electron chi connectivity index (χ0n) is 14.8. The Balaban J connectivity index is 2.65. The van der Waals surface area contributed by atoms with Crippen LogP contribution in [0.15, 0.2) is 24.3 Å². The Bertz CT molecular complexity index is 575. The summed E-state index contributed by atoms with van der Waals surface area (Å²) < 4.78 is 15.6. The lowest BCUT2D eigenvalue weighted by Gasteiger charge is -2.11. The van der Waals surface area contributed by atoms with E-state index in [2.05, 4.69) is 0 Å². The minimum atomic E-state index is -0.283. The number of rotatable bonds is 9. The molecule has 24 heavy (non-hydrogen) atoms. The fraction of sp³-hybridized carbons (Fsp3) is 0.474. The molecule has 0 unspecified atom stereocenters. The number of ether oxygens (including phenoxy) is 3. The molecule has 0 aliphatic rings. The molecule has 0 N–H and O–H groups in total. The van der Waals surface area contributed by atoms with E-state index in [4.69, 9.17) is 14.2 Å². The SMILES string of the molecule is CCCC(=O)OC/C=C/c1ccc(OC(=O)CC(C)C)c(OC)c1. The molecule has 0 atom stereocenters. The van der Waals surface area contributed by atoms with Gasteiger partial charge in [0.15, 0.2) is 11.5 Å². The van der Waals surface area contributed by atoms with Crippen LogP contribution in [-0.2, 0) is 14.3 Å². The highest BCUT2D eigenvalue weighted by Crippen LogP contribution is 2.29. The molecule has 0 aromatic heterocycles. The van der Waals surface area contributed by atoms with E-state index in [0.717, 1.165) is 12.0 Å². The maximum atomic E-state index is 11.8. The number of hydrogen-bond donors (Lipinski definition) is 0. The fourth-order valence-corrected chi connectivity index (χ4v) is 1.97. The summed E-state index contributed by atoms with van der Waals surface area (Å²) >= 11 is 0. The van der Waals surface area contributed by atoms with E-state index in [1.165, 1.54) is 7.11 Å². The van der Waals surface area contributed by atoms with Crippen molar-refractivity contribution in [3.8, 4) is 11.5 Å². The average molecular weight is 334 g/mol. The van der Waals surface area contributed by atoms with Gasteiger partial charge in [-0.15, -0.1) is 0 Å². The van der Waals surface area contributed by atoms with E-state index in [0.29, 0.717) is 24.3 Å². The molecule has 0 aliphatic heterocycles. The largest absolute Gasteiger partial charge is 0.493 e. The van der Waals surface area contributed by atoms with Crippen molar-refractivity contribution in [2.24, 2.45) is 5.92 Å². The standard InChI is InChI=1S/C19H26O5/c1-5-7-18(20)23-11-6-8-15-9-10-16(17(13-15)22-4)24-19(21)12-14(2)3/h6,8-10,13-14H,5,7,11-12H2,1-4H3/b8-6+. The third-order valence-corrected chi connectivity index (χ3v) is 3.09. The molecule has 1 rings (SSSR count). The van der Waals surface area contributed by atoms with Crippen LogP contribution >= 0.6 is 0 Å². The molecule has 1 aromatic carbocycles. The van der Waals surface area contributed by atoms with Crippen LogP contribution in [0.1, 0.15) is 45.6 Å². The molecule has 0 aliphatic carbocycles. The second-order valence-corrected chi connectivity index (χ2v) is 5.82. The maximum Gasteiger partial charge on any atom is 0.311 e. The Morgan fingerprint density at radius 1 is 1.17 bits per heavy atom. The Labute approximate surface area is 143 Å². The van der Waals surface area contributed by atoms with E-state index >= 15 is 0 Å². The van der Waals surface area contributed by atoms with Gasteiger partial charge in [0.05, 0.1) is 7.11 Å². The molecule has 5 heteroatoms. The lowest BCUT2D eigenvalue weighted by molar-refractivity contribution is -0.142. The predicted molar refractivity (Wildman–Crippen MR) is 93.0 cm³/mol. The van der Waals surface area contributed by atoms with Crippen molar-refractivity contribution in [2.45, 2.75) is 40.0 Å². The Morgan fingerprint density at radius 3 is 2.54 bits per heavy atom. The lowest BCUT2D eigenvalue weighted by Crippen LogP contribution is -2.11. The lowest BCUT2D eigenvalue weighted by atomic mass is 10.1. The van der Waals surface area contributed by atoms with E-state index in [1.54, 1.807) is 18.2 Å². The summed E-state index contributed by atoms with van der Waals surface area (Å²) in [6.07, 6.45) is 5.14. The first-order valence-corrected chi connectivity index (χ1v) is 8.17. The minimum absolute atomic E-state index is 0.202. The highest BCUT2D eigenvalue weighted by Gasteiger charge is 2.11. The van der Waals surface area contributed by atoms with Crippen molar-refractivity contribution >= 4 is 18.0 Å². The van der Waals surface area contributed by atoms with Crippen LogP contribution in [0.2, 0.25) is 0 Å². The Morgan fingerprint density at radius 2 is 1.92 bits per heavy atom. The molecular weight excluding hydrogens is 308 g/mol. The first-order chi connectivity index (χ1) is 11.5. The second kappa shape index (κ2) is 10.5. The van der Waals surface area contributed by atoms with Gasteiger partial charge in [-0.25, -0.2) is 0 Å². The zero-order chi connectivity index (χ0) is 17.9. The molecule has 1 aromatic rings. The van der Waals surface area contributed by atoms with Crippen LogP contribution in [0.5, 0.6) is 11.5 Å². The van der Waals surface area contributed by atoms with Crippen molar-refractivity contribution in [3.63, 3.8) is 0 Å². The Hall–Kier alpha value is -2.30. The molecule has 0 heterocycles. The molecule has 0 spiro atoms. The van der Waals surface area contributed by atoms with Gasteiger partial charge >= 0.3 is 11.9 Å². The number of carbonyl (C=O) groups is 2. The summed E-state index contributed by atoms with van der Waals surface area (Å²) in [5.41, 5.74) is 0.863. The molecular formula is C19H26O5. The van der Waals surface area contributed by atoms with Crippen molar-refractivity contribution in [1.82, 2.24) is 0 Å². The monoisotopic (exact) mass is 334 g/mol. The first-order valence-electron chi connectivity index (χ1n) is 8.17. The summed E-state index contributed by atoms with van der Waals surface area (Å²) in [5, 5.41) is 0. The average Bonchev–Trinajstić information content (AvgIpc) is 2.52. The van der Waals surface area contributed by atoms with Gasteiger partial charge in [-0.1, -0.05) is 32.9 Å². The van der Waals surface area contributed by atoms with Gasteiger partial charge in [0, 0.05) is 12.8 Å². The van der Waals surface area contributed by atoms with Crippen LogP contribution in [0.4, 0.5) is 0 Å². The van der Waals surface area contributed by atoms with Crippen molar-refractivity contribution in [3.05, 3.63) is 29.8 Å². The van der Waals surface area contributed by atoms with Gasteiger partial charge in [-0.05, 0) is 36.1 Å². The topological polar surface area (TPSA) is 61.8 Å². The van der Waals surface area contributed by atoms with Crippen molar-refractivity contribution < 1.29 is 23.8 Å². The van der Waals surface area contributed by atoms with E-state index in [1.807, 2.05) is 32.9 Å². The highest BCUT2D eigenvalue weighted by atomic mass is 16.6. The molecule has 0 amide bonds. The van der Waals surface area contributed by atoms with E-state index in [-0.39, 0.29) is 24.5 Å². The molecule has 0 saturated carbocycles. The second-order valence-electron chi connectivity index (χ2n) is 5.82. The van der Waals surface area contributed by atoms with Crippen molar-refractivity contribution in [1.29, 1.82) is 0 Å². The number of hydrogen-bond acceptors (Lipinski definition) is 5. The normalized spacial score (nSPS) is 10.9. The minimum Gasteiger partial charge on any atom is -0.493 e. The van der Waals surface area contributed by atoms with Gasteiger partial charge in [-0.2, -0.15) is 0 Å². The van der Waals surface area contributed by atoms with Gasteiger partial charge in [-0.3, -0.25) is 9.59 Å². The van der Waals surface area contributed by atoms with Crippen LogP contribution < -0.4 is 9.47 Å². The van der Waals surface area contributed by atoms with Gasteiger partial charge in [0.1, 0.15) is 6.61 Å². The van der Waals surface area contributed by atoms with Gasteiger partial charge in [0.25, 0.3) is 0 Å². The maximum absolute atomic E-state index is 11.8. The van der Waals surface area contributed by atoms with Gasteiger partial charge in [0.2, 0.25) is 0 Å². The first kappa shape index (κ1) is 19.7. The molecule has 5 nitrogen and oxygen atoms in total. The number of benzene rings is 1. The van der Waals surface area contributed by atoms with Crippen molar-refractivity contribution in [2.75, 3.05) is 13.7 Å². The zero-order valence-corrected chi connectivity index (χ0v) is 14.8. The van der Waals surface area contributed by atoms with E-state index < -0.39 is 0 Å². The fourth-order valence-electron chi connectivity index (χ4n) is 1.97. The summed E-state index contributed by atoms with van der Waals surface area (Å²) in [5.74, 6) is 0.634. The smallest absolute Gasteiger partial charge is 0.311 e. The number of esters is 2. The third kappa shape index (κ3) is 7.31. The Kier molecular flexibility index (Phi) is 8.61. The summed E-state index contributed by atoms with van der Waals surface area (Å²) in [6.45, 7) is 6.07. The molecule has 0 radical (unpaired) electrons. The third-order valence-electron chi connectivity index (χ3n) is 3.09. The summed E-state index contributed by atoms with van der Waals surface area (Å²) in [7, 11) is 1.52. The number of carbonyl (C=O) groups excluding carboxylic acids is 2. The van der Waals surface area contributed by atoms with Crippen LogP contribution in [0.25, 0.3) is 6.08 Å².